The van der Waals surface area contributed by atoms with Crippen LogP contribution < -0.4 is 10.9 Å². The number of aromatic nitrogens is 2. The molecular weight excluding hydrogens is 391 g/mol. The molecule has 2 N–H and O–H groups in total. The number of hydrogen-bond acceptors (Lipinski definition) is 4. The Kier molecular flexibility index (Phi) is 6.56. The van der Waals surface area contributed by atoms with Crippen molar-refractivity contribution in [1.82, 2.24) is 19.8 Å². The highest BCUT2D eigenvalue weighted by Gasteiger charge is 2.16. The van der Waals surface area contributed by atoms with Crippen LogP contribution in [0.1, 0.15) is 18.0 Å². The number of fused-ring (bicyclic) bond motifs is 1. The topological polar surface area (TPSA) is 70.1 Å². The molecule has 0 aliphatic carbocycles. The van der Waals surface area contributed by atoms with E-state index in [-0.39, 0.29) is 41.1 Å². The third-order valence-corrected chi connectivity index (χ3v) is 5.12. The Morgan fingerprint density at radius 1 is 1.24 bits per heavy atom. The fraction of sp³-hybridized carbons (Fsp3) is 0.286. The van der Waals surface area contributed by atoms with E-state index in [0.717, 1.165) is 5.56 Å². The van der Waals surface area contributed by atoms with E-state index in [1.54, 1.807) is 24.3 Å². The van der Waals surface area contributed by atoms with E-state index in [1.165, 1.54) is 16.7 Å². The minimum atomic E-state index is -0.314. The van der Waals surface area contributed by atoms with Crippen molar-refractivity contribution >= 4 is 29.0 Å². The lowest BCUT2D eigenvalue weighted by atomic mass is 10.1. The van der Waals surface area contributed by atoms with Crippen molar-refractivity contribution in [2.45, 2.75) is 19.0 Å². The second-order valence-electron chi connectivity index (χ2n) is 7.02. The SMILES string of the molecule is CN(C)[C@H](CNC(=O)CCn1c(=S)[nH]c2ccccc2c1=O)c1cccc(F)c1. The zero-order chi connectivity index (χ0) is 21.0. The van der Waals surface area contributed by atoms with Gasteiger partial charge in [-0.1, -0.05) is 24.3 Å². The summed E-state index contributed by atoms with van der Waals surface area (Å²) in [6.07, 6.45) is 0.110. The van der Waals surface area contributed by atoms with Gasteiger partial charge in [-0.15, -0.1) is 0 Å². The van der Waals surface area contributed by atoms with E-state index < -0.39 is 0 Å². The Morgan fingerprint density at radius 3 is 2.72 bits per heavy atom. The van der Waals surface area contributed by atoms with Crippen LogP contribution in [-0.4, -0.2) is 41.0 Å². The largest absolute Gasteiger partial charge is 0.354 e. The van der Waals surface area contributed by atoms with Gasteiger partial charge in [0.15, 0.2) is 4.77 Å². The molecule has 0 saturated carbocycles. The Morgan fingerprint density at radius 2 is 2.00 bits per heavy atom. The molecule has 8 heteroatoms. The van der Waals surface area contributed by atoms with Crippen molar-refractivity contribution in [3.05, 3.63) is 75.0 Å². The van der Waals surface area contributed by atoms with Crippen LogP contribution in [0, 0.1) is 10.6 Å². The smallest absolute Gasteiger partial charge is 0.262 e. The highest BCUT2D eigenvalue weighted by atomic mass is 32.1. The number of likely N-dealkylation sites (N-methyl/N-ethyl adjacent to an activating group) is 1. The monoisotopic (exact) mass is 414 g/mol. The summed E-state index contributed by atoms with van der Waals surface area (Å²) in [5.41, 5.74) is 1.23. The molecule has 152 valence electrons. The van der Waals surface area contributed by atoms with Crippen molar-refractivity contribution in [3.8, 4) is 0 Å². The van der Waals surface area contributed by atoms with Crippen LogP contribution >= 0.6 is 12.2 Å². The van der Waals surface area contributed by atoms with Gasteiger partial charge in [-0.05, 0) is 56.1 Å². The van der Waals surface area contributed by atoms with Crippen LogP contribution in [0.5, 0.6) is 0 Å². The average Bonchev–Trinajstić information content (AvgIpc) is 2.68. The summed E-state index contributed by atoms with van der Waals surface area (Å²) in [4.78, 5) is 29.9. The van der Waals surface area contributed by atoms with Crippen LogP contribution in [0.2, 0.25) is 0 Å². The summed E-state index contributed by atoms with van der Waals surface area (Å²) in [7, 11) is 3.74. The summed E-state index contributed by atoms with van der Waals surface area (Å²) in [6, 6.07) is 13.3. The molecule has 6 nitrogen and oxygen atoms in total. The number of carbonyl (C=O) groups is 1. The quantitative estimate of drug-likeness (QED) is 0.583. The predicted octanol–water partition coefficient (Wildman–Crippen LogP) is 3.01. The second-order valence-corrected chi connectivity index (χ2v) is 7.41. The molecule has 0 fully saturated rings. The van der Waals surface area contributed by atoms with Crippen LogP contribution in [-0.2, 0) is 11.3 Å². The number of halogens is 1. The number of nitrogens with zero attached hydrogens (tertiary/aromatic N) is 2. The van der Waals surface area contributed by atoms with Gasteiger partial charge in [0.25, 0.3) is 5.56 Å². The lowest BCUT2D eigenvalue weighted by molar-refractivity contribution is -0.121. The molecule has 0 spiro atoms. The van der Waals surface area contributed by atoms with E-state index >= 15 is 0 Å². The lowest BCUT2D eigenvalue weighted by Gasteiger charge is -2.25. The van der Waals surface area contributed by atoms with Gasteiger partial charge >= 0.3 is 0 Å². The number of aromatic amines is 1. The van der Waals surface area contributed by atoms with Crippen molar-refractivity contribution < 1.29 is 9.18 Å². The molecular formula is C21H23FN4O2S. The number of carbonyl (C=O) groups excluding carboxylic acids is 1. The molecule has 0 bridgehead atoms. The molecule has 3 rings (SSSR count). The van der Waals surface area contributed by atoms with Crippen molar-refractivity contribution in [2.24, 2.45) is 0 Å². The number of amides is 1. The number of para-hydroxylation sites is 1. The molecule has 1 heterocycles. The predicted molar refractivity (Wildman–Crippen MR) is 114 cm³/mol. The fourth-order valence-corrected chi connectivity index (χ4v) is 3.51. The van der Waals surface area contributed by atoms with Gasteiger partial charge < -0.3 is 15.2 Å². The van der Waals surface area contributed by atoms with E-state index in [9.17, 15) is 14.0 Å². The van der Waals surface area contributed by atoms with Gasteiger partial charge in [0.05, 0.1) is 16.9 Å². The first-order valence-electron chi connectivity index (χ1n) is 9.27. The lowest BCUT2D eigenvalue weighted by Crippen LogP contribution is -2.35. The van der Waals surface area contributed by atoms with E-state index in [4.69, 9.17) is 12.2 Å². The molecule has 3 aromatic rings. The molecule has 0 radical (unpaired) electrons. The fourth-order valence-electron chi connectivity index (χ4n) is 3.23. The number of benzene rings is 2. The third-order valence-electron chi connectivity index (χ3n) is 4.80. The van der Waals surface area contributed by atoms with E-state index in [2.05, 4.69) is 10.3 Å². The Bertz CT molecular complexity index is 1140. The van der Waals surface area contributed by atoms with Gasteiger partial charge in [-0.2, -0.15) is 0 Å². The second kappa shape index (κ2) is 9.11. The molecule has 0 saturated heterocycles. The van der Waals surface area contributed by atoms with E-state index in [1.807, 2.05) is 31.1 Å². The minimum absolute atomic E-state index is 0.110. The number of hydrogen-bond donors (Lipinski definition) is 2. The normalized spacial score (nSPS) is 12.3. The molecule has 2 aromatic carbocycles. The van der Waals surface area contributed by atoms with Gasteiger partial charge in [0.2, 0.25) is 5.91 Å². The first-order valence-corrected chi connectivity index (χ1v) is 9.68. The zero-order valence-electron chi connectivity index (χ0n) is 16.3. The van der Waals surface area contributed by atoms with Gasteiger partial charge in [0.1, 0.15) is 5.82 Å². The molecule has 0 aliphatic rings. The standard InChI is InChI=1S/C21H23FN4O2S/c1-25(2)18(14-6-5-7-15(22)12-14)13-23-19(27)10-11-26-20(28)16-8-3-4-9-17(16)24-21(26)29/h3-9,12,18H,10-11,13H2,1-2H3,(H,23,27)(H,24,29)/t18-/m1/s1. The summed E-state index contributed by atoms with van der Waals surface area (Å²) in [5.74, 6) is -0.520. The van der Waals surface area contributed by atoms with E-state index in [0.29, 0.717) is 17.4 Å². The Balaban J connectivity index is 1.66. The Labute approximate surface area is 173 Å². The maximum Gasteiger partial charge on any atom is 0.262 e. The van der Waals surface area contributed by atoms with Gasteiger partial charge in [0, 0.05) is 19.5 Å². The third kappa shape index (κ3) is 4.96. The van der Waals surface area contributed by atoms with Gasteiger partial charge in [-0.3, -0.25) is 14.2 Å². The van der Waals surface area contributed by atoms with Crippen molar-refractivity contribution in [1.29, 1.82) is 0 Å². The minimum Gasteiger partial charge on any atom is -0.354 e. The van der Waals surface area contributed by atoms with Crippen LogP contribution in [0.15, 0.2) is 53.3 Å². The molecule has 1 amide bonds. The van der Waals surface area contributed by atoms with Crippen LogP contribution in [0.3, 0.4) is 0 Å². The summed E-state index contributed by atoms with van der Waals surface area (Å²) in [6.45, 7) is 0.506. The summed E-state index contributed by atoms with van der Waals surface area (Å²) in [5, 5.41) is 3.39. The molecule has 29 heavy (non-hydrogen) atoms. The van der Waals surface area contributed by atoms with Crippen LogP contribution in [0.25, 0.3) is 10.9 Å². The average molecular weight is 415 g/mol. The van der Waals surface area contributed by atoms with Crippen molar-refractivity contribution in [2.75, 3.05) is 20.6 Å². The first-order chi connectivity index (χ1) is 13.9. The Hall–Kier alpha value is -2.84. The summed E-state index contributed by atoms with van der Waals surface area (Å²) < 4.78 is 15.2. The summed E-state index contributed by atoms with van der Waals surface area (Å²) >= 11 is 5.27. The van der Waals surface area contributed by atoms with Crippen molar-refractivity contribution in [3.63, 3.8) is 0 Å². The maximum atomic E-state index is 13.5. The number of rotatable bonds is 7. The molecule has 0 unspecified atom stereocenters. The van der Waals surface area contributed by atoms with Crippen LogP contribution in [0.4, 0.5) is 4.39 Å². The first kappa shape index (κ1) is 20.9. The maximum absolute atomic E-state index is 13.5. The van der Waals surface area contributed by atoms with Gasteiger partial charge in [-0.25, -0.2) is 4.39 Å². The number of nitrogens with one attached hydrogen (secondary N) is 2. The highest BCUT2D eigenvalue weighted by Crippen LogP contribution is 2.18. The highest BCUT2D eigenvalue weighted by molar-refractivity contribution is 7.71. The molecule has 0 aliphatic heterocycles. The zero-order valence-corrected chi connectivity index (χ0v) is 17.1. The molecule has 1 atom stereocenters. The molecule has 1 aromatic heterocycles. The number of H-pyrrole nitrogens is 1.